The van der Waals surface area contributed by atoms with Gasteiger partial charge in [-0.1, -0.05) is 24.3 Å². The molecule has 0 fully saturated rings. The first-order chi connectivity index (χ1) is 10.3. The van der Waals surface area contributed by atoms with Crippen LogP contribution in [-0.4, -0.2) is 10.5 Å². The van der Waals surface area contributed by atoms with Crippen LogP contribution >= 0.6 is 11.3 Å². The van der Waals surface area contributed by atoms with E-state index in [1.54, 1.807) is 17.5 Å². The first-order valence-corrected chi connectivity index (χ1v) is 7.43. The van der Waals surface area contributed by atoms with E-state index in [1.165, 1.54) is 0 Å². The minimum atomic E-state index is -0.0614. The van der Waals surface area contributed by atoms with Crippen molar-refractivity contribution in [1.82, 2.24) is 9.88 Å². The zero-order valence-corrected chi connectivity index (χ0v) is 12.1. The summed E-state index contributed by atoms with van der Waals surface area (Å²) in [5.74, 6) is -0.0614. The number of nitriles is 1. The lowest BCUT2D eigenvalue weighted by atomic mass is 10.2. The molecule has 0 saturated heterocycles. The van der Waals surface area contributed by atoms with Gasteiger partial charge in [-0.25, -0.2) is 0 Å². The van der Waals surface area contributed by atoms with Crippen molar-refractivity contribution in [3.05, 3.63) is 58.4 Å². The molecule has 0 spiro atoms. The van der Waals surface area contributed by atoms with Crippen molar-refractivity contribution < 1.29 is 4.79 Å². The summed E-state index contributed by atoms with van der Waals surface area (Å²) >= 11 is 1.62. The monoisotopic (exact) mass is 295 g/mol. The third-order valence-electron chi connectivity index (χ3n) is 3.26. The molecule has 0 saturated carbocycles. The average molecular weight is 295 g/mol. The molecule has 2 heterocycles. The van der Waals surface area contributed by atoms with Crippen molar-refractivity contribution in [2.45, 2.75) is 13.1 Å². The highest BCUT2D eigenvalue weighted by Gasteiger charge is 2.10. The summed E-state index contributed by atoms with van der Waals surface area (Å²) in [6, 6.07) is 13.7. The molecule has 3 rings (SSSR count). The fourth-order valence-corrected chi connectivity index (χ4v) is 2.92. The Bertz CT molecular complexity index is 812. The Morgan fingerprint density at radius 2 is 2.14 bits per heavy atom. The summed E-state index contributed by atoms with van der Waals surface area (Å²) in [4.78, 5) is 13.2. The Kier molecular flexibility index (Phi) is 3.71. The van der Waals surface area contributed by atoms with Crippen molar-refractivity contribution in [2.75, 3.05) is 0 Å². The topological polar surface area (TPSA) is 57.8 Å². The van der Waals surface area contributed by atoms with Gasteiger partial charge in [0.25, 0.3) is 0 Å². The number of fused-ring (bicyclic) bond motifs is 1. The Balaban J connectivity index is 1.75. The minimum absolute atomic E-state index is 0.0614. The zero-order valence-electron chi connectivity index (χ0n) is 11.2. The minimum Gasteiger partial charge on any atom is -0.350 e. The van der Waals surface area contributed by atoms with Gasteiger partial charge in [0.05, 0.1) is 12.1 Å². The number of para-hydroxylation sites is 1. The molecule has 0 radical (unpaired) electrons. The summed E-state index contributed by atoms with van der Waals surface area (Å²) in [6.07, 6.45) is 1.73. The number of carbonyl (C=O) groups excluding carboxylic acids is 1. The Labute approximate surface area is 126 Å². The molecule has 3 aromatic rings. The Morgan fingerprint density at radius 1 is 1.29 bits per heavy atom. The number of hydrogen-bond donors (Lipinski definition) is 1. The molecule has 0 aliphatic rings. The van der Waals surface area contributed by atoms with E-state index in [0.29, 0.717) is 12.1 Å². The zero-order chi connectivity index (χ0) is 14.7. The van der Waals surface area contributed by atoms with Crippen LogP contribution in [0.4, 0.5) is 0 Å². The maximum absolute atomic E-state index is 12.0. The number of nitrogens with zero attached hydrogens (tertiary/aromatic N) is 2. The van der Waals surface area contributed by atoms with Crippen LogP contribution < -0.4 is 5.32 Å². The highest BCUT2D eigenvalue weighted by molar-refractivity contribution is 7.09. The molecule has 0 bridgehead atoms. The number of carbonyl (C=O) groups is 1. The molecular weight excluding hydrogens is 282 g/mol. The maximum Gasteiger partial charge on any atom is 0.240 e. The lowest BCUT2D eigenvalue weighted by molar-refractivity contribution is -0.121. The van der Waals surface area contributed by atoms with Gasteiger partial charge in [-0.2, -0.15) is 5.26 Å². The van der Waals surface area contributed by atoms with Gasteiger partial charge >= 0.3 is 0 Å². The Hall–Kier alpha value is -2.58. The lowest BCUT2D eigenvalue weighted by Crippen LogP contribution is -2.26. The molecule has 21 heavy (non-hydrogen) atoms. The molecule has 0 aliphatic carbocycles. The summed E-state index contributed by atoms with van der Waals surface area (Å²) in [5.41, 5.74) is 1.50. The van der Waals surface area contributed by atoms with Gasteiger partial charge in [0.1, 0.15) is 12.6 Å². The molecule has 0 unspecified atom stereocenters. The van der Waals surface area contributed by atoms with Gasteiger partial charge in [0.2, 0.25) is 5.91 Å². The summed E-state index contributed by atoms with van der Waals surface area (Å²) in [5, 5.41) is 14.9. The van der Waals surface area contributed by atoms with Crippen molar-refractivity contribution in [1.29, 1.82) is 5.26 Å². The second-order valence-corrected chi connectivity index (χ2v) is 5.69. The third kappa shape index (κ3) is 2.81. The number of amides is 1. The van der Waals surface area contributed by atoms with Crippen LogP contribution in [0.5, 0.6) is 0 Å². The van der Waals surface area contributed by atoms with Crippen LogP contribution in [-0.2, 0) is 17.9 Å². The molecule has 1 aromatic carbocycles. The van der Waals surface area contributed by atoms with Crippen LogP contribution in [0.1, 0.15) is 10.4 Å². The second kappa shape index (κ2) is 5.81. The predicted molar refractivity (Wildman–Crippen MR) is 82.8 cm³/mol. The maximum atomic E-state index is 12.0. The molecule has 1 amide bonds. The van der Waals surface area contributed by atoms with Gasteiger partial charge in [0.15, 0.2) is 0 Å². The van der Waals surface area contributed by atoms with E-state index in [9.17, 15) is 4.79 Å². The fraction of sp³-hybridized carbons (Fsp3) is 0.125. The fourth-order valence-electron chi connectivity index (χ4n) is 2.28. The van der Waals surface area contributed by atoms with Crippen molar-refractivity contribution in [3.63, 3.8) is 0 Å². The van der Waals surface area contributed by atoms with Crippen LogP contribution in [0.2, 0.25) is 0 Å². The first-order valence-electron chi connectivity index (χ1n) is 6.55. The number of rotatable bonds is 4. The normalized spacial score (nSPS) is 10.4. The predicted octanol–water partition coefficient (Wildman–Crippen LogP) is 2.89. The largest absolute Gasteiger partial charge is 0.350 e. The van der Waals surface area contributed by atoms with Crippen LogP contribution in [0.15, 0.2) is 48.0 Å². The molecule has 4 nitrogen and oxygen atoms in total. The van der Waals surface area contributed by atoms with Crippen molar-refractivity contribution in [3.8, 4) is 6.07 Å². The number of benzene rings is 1. The summed E-state index contributed by atoms with van der Waals surface area (Å²) in [7, 11) is 0. The molecule has 2 aromatic heterocycles. The Morgan fingerprint density at radius 3 is 2.90 bits per heavy atom. The lowest BCUT2D eigenvalue weighted by Gasteiger charge is -2.06. The van der Waals surface area contributed by atoms with Crippen molar-refractivity contribution >= 4 is 28.1 Å². The highest BCUT2D eigenvalue weighted by Crippen LogP contribution is 2.20. The van der Waals surface area contributed by atoms with E-state index in [1.807, 2.05) is 46.3 Å². The van der Waals surface area contributed by atoms with E-state index >= 15 is 0 Å². The SMILES string of the molecule is N#Cc1cn(CC(=O)NCc2cccs2)c2ccccc12. The van der Waals surface area contributed by atoms with E-state index in [0.717, 1.165) is 15.8 Å². The quantitative estimate of drug-likeness (QED) is 0.804. The number of aromatic nitrogens is 1. The highest BCUT2D eigenvalue weighted by atomic mass is 32.1. The van der Waals surface area contributed by atoms with E-state index in [-0.39, 0.29) is 12.5 Å². The smallest absolute Gasteiger partial charge is 0.240 e. The number of hydrogen-bond acceptors (Lipinski definition) is 3. The van der Waals surface area contributed by atoms with Gasteiger partial charge in [-0.05, 0) is 17.5 Å². The number of nitrogens with one attached hydrogen (secondary N) is 1. The first kappa shape index (κ1) is 13.4. The van der Waals surface area contributed by atoms with Gasteiger partial charge in [0, 0.05) is 22.0 Å². The number of thiophene rings is 1. The van der Waals surface area contributed by atoms with E-state index in [4.69, 9.17) is 5.26 Å². The van der Waals surface area contributed by atoms with Crippen LogP contribution in [0.3, 0.4) is 0 Å². The average Bonchev–Trinajstić information content (AvgIpc) is 3.13. The summed E-state index contributed by atoms with van der Waals surface area (Å²) < 4.78 is 1.82. The molecule has 0 atom stereocenters. The summed E-state index contributed by atoms with van der Waals surface area (Å²) in [6.45, 7) is 0.758. The second-order valence-electron chi connectivity index (χ2n) is 4.66. The van der Waals surface area contributed by atoms with Gasteiger partial charge < -0.3 is 9.88 Å². The van der Waals surface area contributed by atoms with Crippen LogP contribution in [0, 0.1) is 11.3 Å². The van der Waals surface area contributed by atoms with Gasteiger partial charge in [-0.15, -0.1) is 11.3 Å². The van der Waals surface area contributed by atoms with Gasteiger partial charge in [-0.3, -0.25) is 4.79 Å². The van der Waals surface area contributed by atoms with E-state index in [2.05, 4.69) is 11.4 Å². The van der Waals surface area contributed by atoms with Crippen LogP contribution in [0.25, 0.3) is 10.9 Å². The molecule has 104 valence electrons. The molecule has 0 aliphatic heterocycles. The standard InChI is InChI=1S/C16H13N3OS/c17-8-12-10-19(15-6-2-1-5-14(12)15)11-16(20)18-9-13-4-3-7-21-13/h1-7,10H,9,11H2,(H,18,20). The van der Waals surface area contributed by atoms with Crippen molar-refractivity contribution in [2.24, 2.45) is 0 Å². The third-order valence-corrected chi connectivity index (χ3v) is 4.14. The molecular formula is C16H13N3OS. The molecule has 1 N–H and O–H groups in total. The van der Waals surface area contributed by atoms with E-state index < -0.39 is 0 Å². The molecule has 5 heteroatoms.